The first-order chi connectivity index (χ1) is 29.0. The number of unbranched alkanes of at least 4 members (excludes halogenated alkanes) is 1. The highest BCUT2D eigenvalue weighted by Crippen LogP contribution is 2.19. The topological polar surface area (TPSA) is 321 Å². The van der Waals surface area contributed by atoms with E-state index in [0.717, 1.165) is 16.5 Å². The van der Waals surface area contributed by atoms with Crippen LogP contribution in [0.2, 0.25) is 0 Å². The minimum absolute atomic E-state index is 0.0323. The molecule has 0 spiro atoms. The van der Waals surface area contributed by atoms with Crippen molar-refractivity contribution >= 4 is 52.7 Å². The van der Waals surface area contributed by atoms with E-state index in [2.05, 4.69) is 46.9 Å². The molecule has 0 unspecified atom stereocenters. The Morgan fingerprint density at radius 1 is 0.717 bits per heavy atom. The van der Waals surface area contributed by atoms with Crippen LogP contribution in [0.1, 0.15) is 55.3 Å². The molecule has 2 heterocycles. The molecule has 5 amide bonds. The number of hydrogen-bond acceptors (Lipinski definition) is 10. The molecule has 0 aliphatic rings. The molecule has 0 radical (unpaired) electrons. The molecule has 4 rings (SSSR count). The number of fused-ring (bicyclic) bond motifs is 1. The molecule has 0 aliphatic carbocycles. The number of imidazole rings is 1. The molecule has 0 saturated carbocycles. The van der Waals surface area contributed by atoms with Gasteiger partial charge in [0.15, 0.2) is 5.96 Å². The number of guanidine groups is 1. The normalized spacial score (nSPS) is 13.5. The molecule has 4 aromatic rings. The average Bonchev–Trinajstić information content (AvgIpc) is 3.91. The van der Waals surface area contributed by atoms with Crippen LogP contribution < -0.4 is 49.1 Å². The Bertz CT molecular complexity index is 2010. The second-order valence-corrected chi connectivity index (χ2v) is 14.4. The van der Waals surface area contributed by atoms with Crippen molar-refractivity contribution in [3.05, 3.63) is 90.1 Å². The maximum Gasteiger partial charge on any atom is 0.243 e. The van der Waals surface area contributed by atoms with Gasteiger partial charge in [-0.1, -0.05) is 48.5 Å². The SMILES string of the molecule is N=C(N)NCCC[C@H](NC(=O)[C@@H](Cc1ccccc1)NC(=O)[C@H](Cc1c[nH]cn1)NC(=O)[C@H](CCC=O)NC(=O)[C@@H](N)Cc1c[nH]c2ccccc12)C(=O)NCCCCN. The third kappa shape index (κ3) is 15.0. The second kappa shape index (κ2) is 24.4. The lowest BCUT2D eigenvalue weighted by atomic mass is 10.0. The third-order valence-corrected chi connectivity index (χ3v) is 9.72. The standard InChI is InChI=1S/C41H57N13O6/c42-16-6-7-17-47-37(57)32(14-8-18-48-41(44)45)52-39(59)34(20-26-10-2-1-3-11-26)53-40(60)35(22-28-24-46-25-50-28)54-38(58)33(15-9-19-55)51-36(56)30(43)21-27-23-49-31-13-5-4-12-29(27)31/h1-5,10-13,19,23-25,30,32-35,49H,6-9,14-18,20-22,42-43H2,(H,46,50)(H,47,57)(H,51,56)(H,52,59)(H,53,60)(H,54,58)(H4,44,45,48)/t30-,32-,33-,34+,35-/m0/s1. The van der Waals surface area contributed by atoms with Gasteiger partial charge in [-0.15, -0.1) is 0 Å². The molecule has 2 aromatic heterocycles. The zero-order valence-electron chi connectivity index (χ0n) is 33.5. The highest BCUT2D eigenvalue weighted by molar-refractivity contribution is 5.96. The van der Waals surface area contributed by atoms with Gasteiger partial charge in [-0.3, -0.25) is 29.4 Å². The summed E-state index contributed by atoms with van der Waals surface area (Å²) in [4.78, 5) is 90.5. The molecule has 60 heavy (non-hydrogen) atoms. The number of H-pyrrole nitrogens is 2. The monoisotopic (exact) mass is 827 g/mol. The van der Waals surface area contributed by atoms with E-state index < -0.39 is 59.7 Å². The number of benzene rings is 2. The minimum atomic E-state index is -1.30. The largest absolute Gasteiger partial charge is 0.370 e. The predicted octanol–water partition coefficient (Wildman–Crippen LogP) is -0.717. The molecule has 322 valence electrons. The molecule has 5 atom stereocenters. The highest BCUT2D eigenvalue weighted by Gasteiger charge is 2.32. The summed E-state index contributed by atoms with van der Waals surface area (Å²) in [5, 5.41) is 24.8. The van der Waals surface area contributed by atoms with Crippen LogP contribution in [0.5, 0.6) is 0 Å². The van der Waals surface area contributed by atoms with Crippen LogP contribution in [-0.2, 0) is 48.0 Å². The first-order valence-corrected chi connectivity index (χ1v) is 20.0. The summed E-state index contributed by atoms with van der Waals surface area (Å²) >= 11 is 0. The summed E-state index contributed by atoms with van der Waals surface area (Å²) in [6.45, 7) is 1.09. The number of para-hydroxylation sites is 1. The van der Waals surface area contributed by atoms with E-state index >= 15 is 0 Å². The van der Waals surface area contributed by atoms with Crippen LogP contribution in [0, 0.1) is 5.41 Å². The number of nitrogens with zero attached hydrogens (tertiary/aromatic N) is 1. The van der Waals surface area contributed by atoms with Gasteiger partial charge < -0.3 is 63.9 Å². The first kappa shape index (κ1) is 46.1. The zero-order chi connectivity index (χ0) is 43.3. The fourth-order valence-electron chi connectivity index (χ4n) is 6.51. The summed E-state index contributed by atoms with van der Waals surface area (Å²) in [5.41, 5.74) is 20.1. The van der Waals surface area contributed by atoms with Gasteiger partial charge in [0.25, 0.3) is 0 Å². The molecule has 0 aliphatic heterocycles. The van der Waals surface area contributed by atoms with Gasteiger partial charge in [-0.2, -0.15) is 0 Å². The molecule has 0 saturated heterocycles. The van der Waals surface area contributed by atoms with Gasteiger partial charge >= 0.3 is 0 Å². The van der Waals surface area contributed by atoms with Crippen LogP contribution in [0.15, 0.2) is 73.3 Å². The van der Waals surface area contributed by atoms with Gasteiger partial charge in [0.05, 0.1) is 18.1 Å². The van der Waals surface area contributed by atoms with Crippen molar-refractivity contribution in [1.29, 1.82) is 5.41 Å². The fourth-order valence-corrected chi connectivity index (χ4v) is 6.51. The van der Waals surface area contributed by atoms with E-state index in [1.807, 2.05) is 30.3 Å². The quantitative estimate of drug-likeness (QED) is 0.0162. The smallest absolute Gasteiger partial charge is 0.243 e. The van der Waals surface area contributed by atoms with Crippen LogP contribution in [0.3, 0.4) is 0 Å². The molecule has 2 aromatic carbocycles. The number of amides is 5. The van der Waals surface area contributed by atoms with Crippen molar-refractivity contribution in [2.75, 3.05) is 19.6 Å². The van der Waals surface area contributed by atoms with Crippen molar-refractivity contribution < 1.29 is 28.8 Å². The van der Waals surface area contributed by atoms with Crippen molar-refractivity contribution in [3.63, 3.8) is 0 Å². The zero-order valence-corrected chi connectivity index (χ0v) is 33.5. The second-order valence-electron chi connectivity index (χ2n) is 14.4. The van der Waals surface area contributed by atoms with Crippen LogP contribution in [0.4, 0.5) is 0 Å². The Morgan fingerprint density at radius 2 is 1.35 bits per heavy atom. The fraction of sp³-hybridized carbons (Fsp3) is 0.415. The van der Waals surface area contributed by atoms with Gasteiger partial charge in [0.2, 0.25) is 29.5 Å². The van der Waals surface area contributed by atoms with Crippen molar-refractivity contribution in [1.82, 2.24) is 46.9 Å². The number of aromatic nitrogens is 3. The van der Waals surface area contributed by atoms with Crippen LogP contribution >= 0.6 is 0 Å². The number of aldehydes is 1. The Kier molecular flexibility index (Phi) is 18.7. The average molecular weight is 828 g/mol. The summed E-state index contributed by atoms with van der Waals surface area (Å²) in [6, 6.07) is 10.7. The lowest BCUT2D eigenvalue weighted by Crippen LogP contribution is -2.59. The molecule has 19 heteroatoms. The number of rotatable bonds is 26. The predicted molar refractivity (Wildman–Crippen MR) is 226 cm³/mol. The van der Waals surface area contributed by atoms with Gasteiger partial charge in [0, 0.05) is 55.6 Å². The molecule has 15 N–H and O–H groups in total. The Hall–Kier alpha value is -6.60. The van der Waals surface area contributed by atoms with E-state index in [9.17, 15) is 28.8 Å². The Labute approximate surface area is 348 Å². The van der Waals surface area contributed by atoms with E-state index in [4.69, 9.17) is 22.6 Å². The first-order valence-electron chi connectivity index (χ1n) is 20.0. The van der Waals surface area contributed by atoms with Gasteiger partial charge in [0.1, 0.15) is 30.5 Å². The minimum Gasteiger partial charge on any atom is -0.370 e. The number of carbonyl (C=O) groups excluding carboxylic acids is 6. The number of hydrogen-bond donors (Lipinski definition) is 12. The van der Waals surface area contributed by atoms with E-state index in [-0.39, 0.29) is 51.0 Å². The Morgan fingerprint density at radius 3 is 2.03 bits per heavy atom. The van der Waals surface area contributed by atoms with Crippen LogP contribution in [-0.4, -0.2) is 107 Å². The summed E-state index contributed by atoms with van der Waals surface area (Å²) in [7, 11) is 0. The van der Waals surface area contributed by atoms with E-state index in [0.29, 0.717) is 49.9 Å². The number of nitrogens with two attached hydrogens (primary N) is 3. The van der Waals surface area contributed by atoms with Crippen molar-refractivity contribution in [3.8, 4) is 0 Å². The number of nitrogens with one attached hydrogen (secondary N) is 9. The lowest BCUT2D eigenvalue weighted by Gasteiger charge is -2.27. The van der Waals surface area contributed by atoms with Crippen molar-refractivity contribution in [2.24, 2.45) is 17.2 Å². The molecule has 0 bridgehead atoms. The van der Waals surface area contributed by atoms with Crippen LogP contribution in [0.25, 0.3) is 10.9 Å². The maximum absolute atomic E-state index is 14.2. The summed E-state index contributed by atoms with van der Waals surface area (Å²) in [6.07, 6.45) is 7.20. The third-order valence-electron chi connectivity index (χ3n) is 9.72. The van der Waals surface area contributed by atoms with E-state index in [1.165, 1.54) is 6.33 Å². The molecule has 0 fully saturated rings. The maximum atomic E-state index is 14.2. The number of carbonyl (C=O) groups is 6. The van der Waals surface area contributed by atoms with Gasteiger partial charge in [-0.25, -0.2) is 4.98 Å². The van der Waals surface area contributed by atoms with Crippen molar-refractivity contribution in [2.45, 2.75) is 88.0 Å². The number of aromatic amines is 2. The van der Waals surface area contributed by atoms with E-state index in [1.54, 1.807) is 36.7 Å². The molecular formula is C41H57N13O6. The summed E-state index contributed by atoms with van der Waals surface area (Å²) in [5.74, 6) is -3.44. The highest BCUT2D eigenvalue weighted by atomic mass is 16.2. The molecule has 19 nitrogen and oxygen atoms in total. The summed E-state index contributed by atoms with van der Waals surface area (Å²) < 4.78 is 0. The van der Waals surface area contributed by atoms with Gasteiger partial charge in [-0.05, 0) is 62.3 Å². The molecular weight excluding hydrogens is 771 g/mol. The lowest BCUT2D eigenvalue weighted by molar-refractivity contribution is -0.134. The Balaban J connectivity index is 1.53.